The maximum atomic E-state index is 12.1. The van der Waals surface area contributed by atoms with Gasteiger partial charge in [-0.2, -0.15) is 0 Å². The molecular formula is C36H52O6Si2. The normalized spacial score (nSPS) is 13.8. The lowest BCUT2D eigenvalue weighted by Crippen LogP contribution is -2.67. The highest BCUT2D eigenvalue weighted by molar-refractivity contribution is 6.99. The molecule has 240 valence electrons. The molecular weight excluding hydrogens is 585 g/mol. The average Bonchev–Trinajstić information content (AvgIpc) is 3.00. The lowest BCUT2D eigenvalue weighted by molar-refractivity contribution is -0.112. The molecule has 0 heterocycles. The molecule has 3 aromatic carbocycles. The molecule has 0 radical (unpaired) electrons. The van der Waals surface area contributed by atoms with Crippen molar-refractivity contribution in [2.24, 2.45) is 0 Å². The van der Waals surface area contributed by atoms with Gasteiger partial charge in [-0.05, 0) is 39.2 Å². The van der Waals surface area contributed by atoms with E-state index in [4.69, 9.17) is 23.4 Å². The SMILES string of the molecule is COc1ccc(CO[C@@H](COCOCC[Si](C)(C)C)C[C@@H](CC=O)O[Si](c2ccccc2)(c2ccccc2)C(C)(C)C)cc1. The lowest BCUT2D eigenvalue weighted by atomic mass is 10.1. The van der Waals surface area contributed by atoms with Crippen LogP contribution < -0.4 is 15.1 Å². The standard InChI is InChI=1S/C36H52O6Si2/c1-36(2,3)44(34-14-10-8-11-15-34,35-16-12-9-13-17-35)42-32(22-23-37)26-33(28-40-29-39-24-25-43(5,6)7)41-27-30-18-20-31(38-4)21-19-30/h8-21,23,32-33H,22,24-29H2,1-7H3/t32-,33-/m1/s1. The Morgan fingerprint density at radius 3 is 1.89 bits per heavy atom. The molecule has 6 nitrogen and oxygen atoms in total. The monoisotopic (exact) mass is 636 g/mol. The summed E-state index contributed by atoms with van der Waals surface area (Å²) in [7, 11) is -2.40. The van der Waals surface area contributed by atoms with Crippen LogP contribution in [0.1, 0.15) is 39.2 Å². The van der Waals surface area contributed by atoms with E-state index in [0.29, 0.717) is 26.2 Å². The first-order valence-corrected chi connectivity index (χ1v) is 21.2. The molecule has 0 aromatic heterocycles. The summed E-state index contributed by atoms with van der Waals surface area (Å²) in [5, 5.41) is 2.14. The first-order valence-electron chi connectivity index (χ1n) is 15.6. The quantitative estimate of drug-likeness (QED) is 0.0622. The van der Waals surface area contributed by atoms with Crippen molar-refractivity contribution in [1.82, 2.24) is 0 Å². The smallest absolute Gasteiger partial charge is 0.261 e. The van der Waals surface area contributed by atoms with E-state index in [-0.39, 0.29) is 30.5 Å². The molecule has 3 aromatic rings. The number of hydrogen-bond donors (Lipinski definition) is 0. The van der Waals surface area contributed by atoms with Crippen molar-refractivity contribution in [3.63, 3.8) is 0 Å². The van der Waals surface area contributed by atoms with Crippen molar-refractivity contribution < 1.29 is 28.2 Å². The number of carbonyl (C=O) groups is 1. The van der Waals surface area contributed by atoms with Gasteiger partial charge in [-0.15, -0.1) is 0 Å². The van der Waals surface area contributed by atoms with Crippen LogP contribution in [0.5, 0.6) is 5.75 Å². The van der Waals surface area contributed by atoms with E-state index >= 15 is 0 Å². The van der Waals surface area contributed by atoms with E-state index in [1.54, 1.807) is 7.11 Å². The highest BCUT2D eigenvalue weighted by Gasteiger charge is 2.51. The van der Waals surface area contributed by atoms with Crippen LogP contribution >= 0.6 is 0 Å². The molecule has 44 heavy (non-hydrogen) atoms. The zero-order chi connectivity index (χ0) is 32.1. The number of benzene rings is 3. The molecule has 0 bridgehead atoms. The first kappa shape index (κ1) is 35.9. The van der Waals surface area contributed by atoms with Crippen molar-refractivity contribution in [3.8, 4) is 5.75 Å². The molecule has 0 amide bonds. The maximum absolute atomic E-state index is 12.1. The largest absolute Gasteiger partial charge is 0.497 e. The topological polar surface area (TPSA) is 63.2 Å². The zero-order valence-corrected chi connectivity index (χ0v) is 29.7. The summed E-state index contributed by atoms with van der Waals surface area (Å²) in [6.07, 6.45) is 1.06. The fourth-order valence-corrected chi connectivity index (χ4v) is 10.8. The molecule has 0 unspecified atom stereocenters. The molecule has 2 atom stereocenters. The van der Waals surface area contributed by atoms with Crippen LogP contribution in [0.2, 0.25) is 30.7 Å². The Labute approximate surface area is 267 Å². The maximum Gasteiger partial charge on any atom is 0.261 e. The summed E-state index contributed by atoms with van der Waals surface area (Å²) < 4.78 is 30.9. The second kappa shape index (κ2) is 17.2. The third kappa shape index (κ3) is 10.8. The van der Waals surface area contributed by atoms with E-state index in [2.05, 4.69) is 88.9 Å². The summed E-state index contributed by atoms with van der Waals surface area (Å²) in [5.41, 5.74) is 1.03. The summed E-state index contributed by atoms with van der Waals surface area (Å²) in [5.74, 6) is 0.800. The Balaban J connectivity index is 1.86. The second-order valence-corrected chi connectivity index (χ2v) is 23.4. The fraction of sp³-hybridized carbons (Fsp3) is 0.472. The Morgan fingerprint density at radius 2 is 1.39 bits per heavy atom. The second-order valence-electron chi connectivity index (χ2n) is 13.5. The summed E-state index contributed by atoms with van der Waals surface area (Å²) in [4.78, 5) is 12.1. The predicted octanol–water partition coefficient (Wildman–Crippen LogP) is 6.83. The van der Waals surface area contributed by atoms with Gasteiger partial charge in [-0.25, -0.2) is 0 Å². The van der Waals surface area contributed by atoms with Crippen molar-refractivity contribution in [2.45, 2.75) is 83.2 Å². The fourth-order valence-electron chi connectivity index (χ4n) is 5.33. The van der Waals surface area contributed by atoms with Crippen LogP contribution in [0, 0.1) is 0 Å². The lowest BCUT2D eigenvalue weighted by Gasteiger charge is -2.45. The molecule has 3 rings (SSSR count). The van der Waals surface area contributed by atoms with E-state index in [1.807, 2.05) is 36.4 Å². The molecule has 8 heteroatoms. The Kier molecular flexibility index (Phi) is 14.0. The Bertz CT molecular complexity index is 1180. The summed E-state index contributed by atoms with van der Waals surface area (Å²) in [6, 6.07) is 30.0. The molecule has 0 spiro atoms. The van der Waals surface area contributed by atoms with E-state index in [1.165, 1.54) is 10.4 Å². The van der Waals surface area contributed by atoms with Crippen LogP contribution in [0.25, 0.3) is 0 Å². The van der Waals surface area contributed by atoms with Gasteiger partial charge in [-0.1, -0.05) is 113 Å². The van der Waals surface area contributed by atoms with Crippen LogP contribution in [-0.2, 0) is 30.0 Å². The summed E-state index contributed by atoms with van der Waals surface area (Å²) in [6.45, 7) is 15.4. The van der Waals surface area contributed by atoms with Gasteiger partial charge in [0.2, 0.25) is 0 Å². The van der Waals surface area contributed by atoms with Crippen LogP contribution in [0.15, 0.2) is 84.9 Å². The van der Waals surface area contributed by atoms with E-state index in [0.717, 1.165) is 23.6 Å². The number of methoxy groups -OCH3 is 1. The third-order valence-corrected chi connectivity index (χ3v) is 14.6. The van der Waals surface area contributed by atoms with Crippen molar-refractivity contribution in [2.75, 3.05) is 27.1 Å². The van der Waals surface area contributed by atoms with Gasteiger partial charge in [0.05, 0.1) is 32.5 Å². The molecule has 0 saturated heterocycles. The minimum absolute atomic E-state index is 0.209. The van der Waals surface area contributed by atoms with Gasteiger partial charge in [0.1, 0.15) is 18.8 Å². The van der Waals surface area contributed by atoms with Gasteiger partial charge in [-0.3, -0.25) is 0 Å². The minimum atomic E-state index is -2.87. The van der Waals surface area contributed by atoms with Gasteiger partial charge < -0.3 is 28.2 Å². The Morgan fingerprint density at radius 1 is 0.795 bits per heavy atom. The minimum Gasteiger partial charge on any atom is -0.497 e. The first-order chi connectivity index (χ1) is 21.0. The molecule has 0 aliphatic rings. The zero-order valence-electron chi connectivity index (χ0n) is 27.7. The van der Waals surface area contributed by atoms with Crippen LogP contribution in [0.4, 0.5) is 0 Å². The third-order valence-electron chi connectivity index (χ3n) is 7.76. The number of rotatable bonds is 19. The van der Waals surface area contributed by atoms with Crippen LogP contribution in [-0.4, -0.2) is 62.0 Å². The van der Waals surface area contributed by atoms with Gasteiger partial charge in [0.25, 0.3) is 8.32 Å². The number of ether oxygens (including phenoxy) is 4. The van der Waals surface area contributed by atoms with Crippen LogP contribution in [0.3, 0.4) is 0 Å². The van der Waals surface area contributed by atoms with Gasteiger partial charge in [0, 0.05) is 27.5 Å². The van der Waals surface area contributed by atoms with E-state index in [9.17, 15) is 4.79 Å². The van der Waals surface area contributed by atoms with Gasteiger partial charge >= 0.3 is 0 Å². The average molecular weight is 637 g/mol. The molecule has 0 saturated carbocycles. The van der Waals surface area contributed by atoms with Crippen molar-refractivity contribution >= 4 is 33.1 Å². The summed E-state index contributed by atoms with van der Waals surface area (Å²) >= 11 is 0. The number of carbonyl (C=O) groups excluding carboxylic acids is 1. The number of aldehydes is 1. The van der Waals surface area contributed by atoms with E-state index < -0.39 is 16.4 Å². The highest BCUT2D eigenvalue weighted by atomic mass is 28.4. The molecule has 0 fully saturated rings. The molecule has 0 N–H and O–H groups in total. The molecule has 0 aliphatic carbocycles. The predicted molar refractivity (Wildman–Crippen MR) is 184 cm³/mol. The van der Waals surface area contributed by atoms with Gasteiger partial charge in [0.15, 0.2) is 0 Å². The molecule has 0 aliphatic heterocycles. The van der Waals surface area contributed by atoms with Crippen molar-refractivity contribution in [1.29, 1.82) is 0 Å². The number of hydrogen-bond acceptors (Lipinski definition) is 6. The highest BCUT2D eigenvalue weighted by Crippen LogP contribution is 2.38. The van der Waals surface area contributed by atoms with Crippen molar-refractivity contribution in [3.05, 3.63) is 90.5 Å². The Hall–Kier alpha value is -2.60.